The lowest BCUT2D eigenvalue weighted by Crippen LogP contribution is -2.54. The van der Waals surface area contributed by atoms with E-state index in [1.165, 1.54) is 53.2 Å². The molecular weight excluding hydrogens is 581 g/mol. The number of benzene rings is 2. The van der Waals surface area contributed by atoms with Crippen LogP contribution in [-0.4, -0.2) is 93.1 Å². The highest BCUT2D eigenvalue weighted by atomic mass is 19.2. The molecule has 15 heteroatoms. The topological polar surface area (TPSA) is 150 Å². The molecule has 5 N–H and O–H groups in total. The maximum Gasteiger partial charge on any atom is 0.259 e. The van der Waals surface area contributed by atoms with Crippen LogP contribution >= 0.6 is 0 Å². The maximum atomic E-state index is 15.4. The van der Waals surface area contributed by atoms with Gasteiger partial charge in [-0.15, -0.1) is 0 Å². The minimum atomic E-state index is -1.13. The molecule has 4 heterocycles. The van der Waals surface area contributed by atoms with Crippen LogP contribution in [0.3, 0.4) is 0 Å². The summed E-state index contributed by atoms with van der Waals surface area (Å²) in [6, 6.07) is 4.72. The fraction of sp³-hybridized carbons (Fsp3) is 0.310. The van der Waals surface area contributed by atoms with E-state index in [0.717, 1.165) is 6.07 Å². The first-order valence-corrected chi connectivity index (χ1v) is 13.9. The summed E-state index contributed by atoms with van der Waals surface area (Å²) in [5.41, 5.74) is 6.38. The fourth-order valence-corrected chi connectivity index (χ4v) is 5.57. The van der Waals surface area contributed by atoms with E-state index in [1.807, 2.05) is 0 Å². The summed E-state index contributed by atoms with van der Waals surface area (Å²) in [7, 11) is 1.24. The standard InChI is InChI=1S/C29H29F3N8O4/c1-44-22-3-2-17(24(31)25(22)32)21-14-36-27-26(34-4-5-40(21)27)37-15-10-18(30)23(19(33)11-15)29(43)39-8-6-38(7-9-39)28(42)20-12-16(41)13-35-20/h2-5,10-11,14,16,20,35,41H,6-9,12-13,33H2,1H3,(H,34,37)/t16-,20+/m1/s1. The summed E-state index contributed by atoms with van der Waals surface area (Å²) >= 11 is 0. The zero-order valence-corrected chi connectivity index (χ0v) is 23.6. The predicted octanol–water partition coefficient (Wildman–Crippen LogP) is 2.16. The van der Waals surface area contributed by atoms with Gasteiger partial charge in [0.05, 0.1) is 36.7 Å². The van der Waals surface area contributed by atoms with Gasteiger partial charge in [-0.05, 0) is 30.7 Å². The maximum absolute atomic E-state index is 15.4. The van der Waals surface area contributed by atoms with Crippen LogP contribution in [0.1, 0.15) is 16.8 Å². The molecule has 2 atom stereocenters. The third kappa shape index (κ3) is 5.24. The van der Waals surface area contributed by atoms with Crippen LogP contribution in [-0.2, 0) is 4.79 Å². The van der Waals surface area contributed by atoms with Crippen molar-refractivity contribution < 1.29 is 32.6 Å². The molecule has 2 aromatic heterocycles. The van der Waals surface area contributed by atoms with Crippen LogP contribution in [0.5, 0.6) is 5.75 Å². The first-order valence-electron chi connectivity index (χ1n) is 13.9. The second-order valence-electron chi connectivity index (χ2n) is 10.6. The number of rotatable bonds is 6. The number of ether oxygens (including phenoxy) is 1. The van der Waals surface area contributed by atoms with E-state index in [4.69, 9.17) is 10.5 Å². The largest absolute Gasteiger partial charge is 0.494 e. The number of methoxy groups -OCH3 is 1. The Morgan fingerprint density at radius 2 is 1.84 bits per heavy atom. The Balaban J connectivity index is 1.18. The number of imidazole rings is 1. The number of β-amino-alcohol motifs (C(OH)–C–C–N with tert-alkyl or cyclic N) is 1. The van der Waals surface area contributed by atoms with Crippen LogP contribution in [0, 0.1) is 17.5 Å². The van der Waals surface area contributed by atoms with Gasteiger partial charge in [-0.1, -0.05) is 0 Å². The highest BCUT2D eigenvalue weighted by Crippen LogP contribution is 2.32. The van der Waals surface area contributed by atoms with E-state index >= 15 is 4.39 Å². The van der Waals surface area contributed by atoms with Gasteiger partial charge in [-0.25, -0.2) is 18.7 Å². The number of anilines is 3. The molecule has 0 bridgehead atoms. The number of carbonyl (C=O) groups is 2. The number of aliphatic hydroxyl groups excluding tert-OH is 1. The van der Waals surface area contributed by atoms with E-state index in [-0.39, 0.29) is 77.5 Å². The molecule has 2 aliphatic heterocycles. The monoisotopic (exact) mass is 610 g/mol. The lowest BCUT2D eigenvalue weighted by Gasteiger charge is -2.36. The van der Waals surface area contributed by atoms with Crippen LogP contribution < -0.4 is 21.1 Å². The van der Waals surface area contributed by atoms with Crippen LogP contribution in [0.15, 0.2) is 42.9 Å². The molecule has 0 aliphatic carbocycles. The van der Waals surface area contributed by atoms with Gasteiger partial charge in [0.25, 0.3) is 5.91 Å². The predicted molar refractivity (Wildman–Crippen MR) is 154 cm³/mol. The molecule has 230 valence electrons. The SMILES string of the molecule is COc1ccc(-c2cnc3c(Nc4cc(N)c(C(=O)N5CCN(C(=O)[C@@H]6C[C@@H](O)CN6)CC5)c(F)c4)nccn23)c(F)c1F. The number of piperazine rings is 1. The second kappa shape index (κ2) is 11.7. The molecule has 2 aromatic carbocycles. The lowest BCUT2D eigenvalue weighted by atomic mass is 10.1. The number of nitrogens with one attached hydrogen (secondary N) is 2. The molecule has 2 aliphatic rings. The number of hydrogen-bond acceptors (Lipinski definition) is 9. The molecule has 4 aromatic rings. The third-order valence-electron chi connectivity index (χ3n) is 7.85. The number of aromatic nitrogens is 3. The fourth-order valence-electron chi connectivity index (χ4n) is 5.57. The minimum Gasteiger partial charge on any atom is -0.494 e. The van der Waals surface area contributed by atoms with Gasteiger partial charge in [-0.2, -0.15) is 4.39 Å². The number of aliphatic hydroxyl groups is 1. The summed E-state index contributed by atoms with van der Waals surface area (Å²) in [5.74, 6) is -3.88. The number of fused-ring (bicyclic) bond motifs is 1. The molecular formula is C29H29F3N8O4. The number of nitrogen functional groups attached to an aromatic ring is 1. The highest BCUT2D eigenvalue weighted by molar-refractivity contribution is 6.00. The lowest BCUT2D eigenvalue weighted by molar-refractivity contribution is -0.134. The van der Waals surface area contributed by atoms with Gasteiger partial charge < -0.3 is 36.0 Å². The number of amides is 2. The van der Waals surface area contributed by atoms with Crippen LogP contribution in [0.25, 0.3) is 16.9 Å². The van der Waals surface area contributed by atoms with Gasteiger partial charge >= 0.3 is 0 Å². The van der Waals surface area contributed by atoms with Crippen molar-refractivity contribution in [2.45, 2.75) is 18.6 Å². The average molecular weight is 611 g/mol. The number of hydrogen-bond donors (Lipinski definition) is 4. The first-order chi connectivity index (χ1) is 21.2. The third-order valence-corrected chi connectivity index (χ3v) is 7.85. The minimum absolute atomic E-state index is 0.0506. The van der Waals surface area contributed by atoms with E-state index < -0.39 is 35.5 Å². The van der Waals surface area contributed by atoms with Crippen molar-refractivity contribution in [1.82, 2.24) is 29.5 Å². The van der Waals surface area contributed by atoms with Crippen molar-refractivity contribution in [3.05, 3.63) is 65.9 Å². The Morgan fingerprint density at radius 1 is 1.09 bits per heavy atom. The van der Waals surface area contributed by atoms with Crippen LogP contribution in [0.4, 0.5) is 30.4 Å². The van der Waals surface area contributed by atoms with Crippen molar-refractivity contribution in [3.63, 3.8) is 0 Å². The van der Waals surface area contributed by atoms with Crippen molar-refractivity contribution in [2.24, 2.45) is 0 Å². The zero-order valence-electron chi connectivity index (χ0n) is 23.6. The number of carbonyl (C=O) groups excluding carboxylic acids is 2. The molecule has 0 radical (unpaired) electrons. The second-order valence-corrected chi connectivity index (χ2v) is 10.6. The number of nitrogens with zero attached hydrogens (tertiary/aromatic N) is 5. The smallest absolute Gasteiger partial charge is 0.259 e. The summed E-state index contributed by atoms with van der Waals surface area (Å²) < 4.78 is 50.9. The van der Waals surface area contributed by atoms with Crippen molar-refractivity contribution in [3.8, 4) is 17.0 Å². The van der Waals surface area contributed by atoms with Gasteiger partial charge in [0.1, 0.15) is 5.82 Å². The van der Waals surface area contributed by atoms with Gasteiger partial charge in [0.2, 0.25) is 11.7 Å². The van der Waals surface area contributed by atoms with Crippen LogP contribution in [0.2, 0.25) is 0 Å². The van der Waals surface area contributed by atoms with Crippen molar-refractivity contribution in [2.75, 3.05) is 50.9 Å². The quantitative estimate of drug-likeness (QED) is 0.241. The molecule has 6 rings (SSSR count). The van der Waals surface area contributed by atoms with E-state index in [9.17, 15) is 23.5 Å². The normalized spacial score (nSPS) is 18.6. The average Bonchev–Trinajstić information content (AvgIpc) is 3.65. The van der Waals surface area contributed by atoms with Crippen molar-refractivity contribution in [1.29, 1.82) is 0 Å². The molecule has 2 amide bonds. The Labute approximate surface area is 249 Å². The summed E-state index contributed by atoms with van der Waals surface area (Å²) in [6.07, 6.45) is 4.05. The summed E-state index contributed by atoms with van der Waals surface area (Å²) in [5, 5.41) is 15.6. The van der Waals surface area contributed by atoms with Gasteiger partial charge in [0.15, 0.2) is 23.0 Å². The Kier molecular flexibility index (Phi) is 7.73. The summed E-state index contributed by atoms with van der Waals surface area (Å²) in [4.78, 5) is 37.6. The molecule has 44 heavy (non-hydrogen) atoms. The molecule has 2 fully saturated rings. The van der Waals surface area contributed by atoms with Gasteiger partial charge in [-0.3, -0.25) is 14.0 Å². The Morgan fingerprint density at radius 3 is 2.52 bits per heavy atom. The van der Waals surface area contributed by atoms with Crippen molar-refractivity contribution >= 4 is 34.7 Å². The first kappa shape index (κ1) is 29.2. The van der Waals surface area contributed by atoms with E-state index in [1.54, 1.807) is 4.90 Å². The highest BCUT2D eigenvalue weighted by Gasteiger charge is 2.34. The summed E-state index contributed by atoms with van der Waals surface area (Å²) in [6.45, 7) is 1.30. The van der Waals surface area contributed by atoms with E-state index in [0.29, 0.717) is 13.0 Å². The number of nitrogens with two attached hydrogens (primary N) is 1. The molecule has 0 saturated carbocycles. The Hall–Kier alpha value is -4.89. The zero-order chi connectivity index (χ0) is 31.1. The molecule has 0 spiro atoms. The van der Waals surface area contributed by atoms with E-state index in [2.05, 4.69) is 20.6 Å². The molecule has 0 unspecified atom stereocenters. The molecule has 12 nitrogen and oxygen atoms in total. The molecule has 2 saturated heterocycles. The van der Waals surface area contributed by atoms with Gasteiger partial charge in [0, 0.05) is 62.1 Å². The number of halogens is 3. The Bertz CT molecular complexity index is 1740.